The summed E-state index contributed by atoms with van der Waals surface area (Å²) < 4.78 is 0. The van der Waals surface area contributed by atoms with Gasteiger partial charge in [0.2, 0.25) is 0 Å². The van der Waals surface area contributed by atoms with Crippen molar-refractivity contribution in [3.8, 4) is 5.75 Å². The Balaban J connectivity index is 1.39. The summed E-state index contributed by atoms with van der Waals surface area (Å²) in [5.74, 6) is -0.0289. The SMILES string of the molecule is CCCNC(=O)Nc1cc(C(=O)CCCCN2CCN(c3ccccc3)CC2)ccc1O. The summed E-state index contributed by atoms with van der Waals surface area (Å²) in [6.45, 7) is 7.63. The number of nitrogens with one attached hydrogen (secondary N) is 2. The van der Waals surface area contributed by atoms with Crippen LogP contribution in [0.1, 0.15) is 43.0 Å². The Kier molecular flexibility index (Phi) is 8.92. The van der Waals surface area contributed by atoms with Crippen LogP contribution in [-0.2, 0) is 0 Å². The maximum atomic E-state index is 12.6. The smallest absolute Gasteiger partial charge is 0.319 e. The molecule has 1 saturated heterocycles. The van der Waals surface area contributed by atoms with Gasteiger partial charge < -0.3 is 20.6 Å². The second-order valence-corrected chi connectivity index (χ2v) is 8.16. The number of nitrogens with zero attached hydrogens (tertiary/aromatic N) is 2. The average Bonchev–Trinajstić information content (AvgIpc) is 2.82. The summed E-state index contributed by atoms with van der Waals surface area (Å²) in [6.07, 6.45) is 3.06. The Bertz CT molecular complexity index is 880. The molecule has 0 aromatic heterocycles. The molecule has 0 bridgehead atoms. The van der Waals surface area contributed by atoms with Crippen molar-refractivity contribution in [3.63, 3.8) is 0 Å². The topological polar surface area (TPSA) is 84.9 Å². The van der Waals surface area contributed by atoms with E-state index in [2.05, 4.69) is 44.7 Å². The Morgan fingerprint density at radius 2 is 1.75 bits per heavy atom. The number of aromatic hydroxyl groups is 1. The number of Topliss-reactive ketones (excluding diaryl/α,β-unsaturated/α-hetero) is 1. The van der Waals surface area contributed by atoms with E-state index in [1.165, 1.54) is 11.8 Å². The summed E-state index contributed by atoms with van der Waals surface area (Å²) in [6, 6.07) is 14.7. The molecular formula is C25H34N4O3. The average molecular weight is 439 g/mol. The molecule has 0 atom stereocenters. The first kappa shape index (κ1) is 23.6. The molecule has 3 N–H and O–H groups in total. The van der Waals surface area contributed by atoms with Crippen LogP contribution in [0, 0.1) is 0 Å². The van der Waals surface area contributed by atoms with Gasteiger partial charge >= 0.3 is 6.03 Å². The molecule has 0 saturated carbocycles. The number of ketones is 1. The predicted octanol–water partition coefficient (Wildman–Crippen LogP) is 4.10. The summed E-state index contributed by atoms with van der Waals surface area (Å²) >= 11 is 0. The summed E-state index contributed by atoms with van der Waals surface area (Å²) in [7, 11) is 0. The number of urea groups is 1. The molecule has 1 aliphatic heterocycles. The lowest BCUT2D eigenvalue weighted by atomic mass is 10.0. The summed E-state index contributed by atoms with van der Waals surface area (Å²) in [5.41, 5.74) is 2.04. The van der Waals surface area contributed by atoms with Gasteiger partial charge in [-0.25, -0.2) is 4.79 Å². The second-order valence-electron chi connectivity index (χ2n) is 8.16. The summed E-state index contributed by atoms with van der Waals surface area (Å²) in [4.78, 5) is 29.3. The first-order chi connectivity index (χ1) is 15.6. The number of rotatable bonds is 10. The molecule has 2 aromatic rings. The van der Waals surface area contributed by atoms with E-state index < -0.39 is 0 Å². The number of hydrogen-bond donors (Lipinski definition) is 3. The van der Waals surface area contributed by atoms with E-state index >= 15 is 0 Å². The predicted molar refractivity (Wildman–Crippen MR) is 129 cm³/mol. The van der Waals surface area contributed by atoms with Crippen LogP contribution in [-0.4, -0.2) is 61.1 Å². The van der Waals surface area contributed by atoms with Crippen LogP contribution in [0.3, 0.4) is 0 Å². The monoisotopic (exact) mass is 438 g/mol. The Morgan fingerprint density at radius 1 is 1.00 bits per heavy atom. The third-order valence-corrected chi connectivity index (χ3v) is 5.72. The highest BCUT2D eigenvalue weighted by atomic mass is 16.3. The van der Waals surface area contributed by atoms with E-state index in [4.69, 9.17) is 0 Å². The Morgan fingerprint density at radius 3 is 2.47 bits per heavy atom. The van der Waals surface area contributed by atoms with Crippen molar-refractivity contribution < 1.29 is 14.7 Å². The largest absolute Gasteiger partial charge is 0.506 e. The fourth-order valence-corrected chi connectivity index (χ4v) is 3.85. The molecule has 0 unspecified atom stereocenters. The number of carbonyl (C=O) groups excluding carboxylic acids is 2. The van der Waals surface area contributed by atoms with Crippen LogP contribution < -0.4 is 15.5 Å². The number of anilines is 2. The minimum Gasteiger partial charge on any atom is -0.506 e. The lowest BCUT2D eigenvalue weighted by molar-refractivity contribution is 0.0977. The minimum absolute atomic E-state index is 0.0240. The molecule has 1 aliphatic rings. The van der Waals surface area contributed by atoms with Gasteiger partial charge in [0, 0.05) is 50.4 Å². The van der Waals surface area contributed by atoms with E-state index in [1.807, 2.05) is 13.0 Å². The quantitative estimate of drug-likeness (QED) is 0.295. The van der Waals surface area contributed by atoms with Crippen LogP contribution in [0.4, 0.5) is 16.2 Å². The third kappa shape index (κ3) is 6.99. The molecular weight excluding hydrogens is 404 g/mol. The van der Waals surface area contributed by atoms with E-state index in [-0.39, 0.29) is 23.3 Å². The number of amides is 2. The van der Waals surface area contributed by atoms with Crippen LogP contribution in [0.15, 0.2) is 48.5 Å². The highest BCUT2D eigenvalue weighted by molar-refractivity contribution is 5.99. The highest BCUT2D eigenvalue weighted by Gasteiger charge is 2.17. The molecule has 7 heteroatoms. The van der Waals surface area contributed by atoms with Crippen LogP contribution in [0.25, 0.3) is 0 Å². The molecule has 7 nitrogen and oxygen atoms in total. The highest BCUT2D eigenvalue weighted by Crippen LogP contribution is 2.25. The zero-order valence-corrected chi connectivity index (χ0v) is 18.8. The van der Waals surface area contributed by atoms with Crippen LogP contribution in [0.5, 0.6) is 5.75 Å². The molecule has 3 rings (SSSR count). The van der Waals surface area contributed by atoms with Gasteiger partial charge in [0.25, 0.3) is 0 Å². The lowest BCUT2D eigenvalue weighted by Crippen LogP contribution is -2.46. The number of benzene rings is 2. The molecule has 172 valence electrons. The zero-order valence-electron chi connectivity index (χ0n) is 18.8. The van der Waals surface area contributed by atoms with E-state index in [0.717, 1.165) is 52.0 Å². The van der Waals surface area contributed by atoms with Crippen molar-refractivity contribution in [2.24, 2.45) is 0 Å². The van der Waals surface area contributed by atoms with Gasteiger partial charge in [-0.1, -0.05) is 25.1 Å². The zero-order chi connectivity index (χ0) is 22.8. The first-order valence-electron chi connectivity index (χ1n) is 11.5. The molecule has 0 spiro atoms. The van der Waals surface area contributed by atoms with Crippen molar-refractivity contribution in [1.82, 2.24) is 10.2 Å². The Labute approximate surface area is 190 Å². The number of phenols is 1. The molecule has 1 fully saturated rings. The van der Waals surface area contributed by atoms with Crippen LogP contribution >= 0.6 is 0 Å². The van der Waals surface area contributed by atoms with Gasteiger partial charge in [-0.3, -0.25) is 9.69 Å². The third-order valence-electron chi connectivity index (χ3n) is 5.72. The molecule has 2 aromatic carbocycles. The van der Waals surface area contributed by atoms with Crippen LogP contribution in [0.2, 0.25) is 0 Å². The summed E-state index contributed by atoms with van der Waals surface area (Å²) in [5, 5.41) is 15.3. The maximum Gasteiger partial charge on any atom is 0.319 e. The number of hydrogen-bond acceptors (Lipinski definition) is 5. The van der Waals surface area contributed by atoms with Crippen molar-refractivity contribution in [2.45, 2.75) is 32.6 Å². The molecule has 0 aliphatic carbocycles. The van der Waals surface area contributed by atoms with E-state index in [0.29, 0.717) is 18.5 Å². The number of piperazine rings is 1. The van der Waals surface area contributed by atoms with Crippen molar-refractivity contribution in [3.05, 3.63) is 54.1 Å². The van der Waals surface area contributed by atoms with Gasteiger partial charge in [0.1, 0.15) is 5.75 Å². The molecule has 1 heterocycles. The van der Waals surface area contributed by atoms with E-state index in [1.54, 1.807) is 12.1 Å². The number of carbonyl (C=O) groups is 2. The van der Waals surface area contributed by atoms with Crippen molar-refractivity contribution in [1.29, 1.82) is 0 Å². The fraction of sp³-hybridized carbons (Fsp3) is 0.440. The Hall–Kier alpha value is -3.06. The van der Waals surface area contributed by atoms with Gasteiger partial charge in [-0.15, -0.1) is 0 Å². The van der Waals surface area contributed by atoms with Gasteiger partial charge in [0.05, 0.1) is 5.69 Å². The van der Waals surface area contributed by atoms with Gasteiger partial charge in [0.15, 0.2) is 5.78 Å². The first-order valence-corrected chi connectivity index (χ1v) is 11.5. The van der Waals surface area contributed by atoms with E-state index in [9.17, 15) is 14.7 Å². The molecule has 2 amide bonds. The van der Waals surface area contributed by atoms with Crippen molar-refractivity contribution >= 4 is 23.2 Å². The van der Waals surface area contributed by atoms with Crippen molar-refractivity contribution in [2.75, 3.05) is 49.5 Å². The number of unbranched alkanes of at least 4 members (excludes halogenated alkanes) is 1. The number of para-hydroxylation sites is 1. The minimum atomic E-state index is -0.390. The normalized spacial score (nSPS) is 14.2. The number of phenolic OH excluding ortho intramolecular Hbond substituents is 1. The van der Waals surface area contributed by atoms with Gasteiger partial charge in [-0.05, 0) is 56.1 Å². The lowest BCUT2D eigenvalue weighted by Gasteiger charge is -2.36. The molecule has 32 heavy (non-hydrogen) atoms. The maximum absolute atomic E-state index is 12.6. The second kappa shape index (κ2) is 12.1. The van der Waals surface area contributed by atoms with Gasteiger partial charge in [-0.2, -0.15) is 0 Å². The fourth-order valence-electron chi connectivity index (χ4n) is 3.85. The molecule has 0 radical (unpaired) electrons. The standard InChI is InChI=1S/C25H34N4O3/c1-2-13-26-25(32)27-22-19-20(11-12-24(22)31)23(30)10-6-7-14-28-15-17-29(18-16-28)21-8-4-3-5-9-21/h3-5,8-9,11-12,19,31H,2,6-7,10,13-18H2,1H3,(H2,26,27,32).